The molecule has 7 nitrogen and oxygen atoms in total. The summed E-state index contributed by atoms with van der Waals surface area (Å²) in [5, 5.41) is 12.5. The number of hydrogen-bond acceptors (Lipinski definition) is 5. The summed E-state index contributed by atoms with van der Waals surface area (Å²) in [5.41, 5.74) is 9.94. The summed E-state index contributed by atoms with van der Waals surface area (Å²) in [5.74, 6) is 0.218. The zero-order valence-electron chi connectivity index (χ0n) is 17.4. The predicted molar refractivity (Wildman–Crippen MR) is 128 cm³/mol. The number of carbonyl (C=O) groups is 1. The Bertz CT molecular complexity index is 1260. The van der Waals surface area contributed by atoms with Crippen LogP contribution in [-0.2, 0) is 0 Å². The number of nitrogens with two attached hydrogens (primary N) is 1. The van der Waals surface area contributed by atoms with Crippen molar-refractivity contribution in [2.24, 2.45) is 0 Å². The topological polar surface area (TPSA) is 97.9 Å². The molecule has 1 aliphatic heterocycles. The van der Waals surface area contributed by atoms with E-state index < -0.39 is 0 Å². The number of benzene rings is 2. The van der Waals surface area contributed by atoms with Crippen molar-refractivity contribution in [2.45, 2.75) is 18.9 Å². The maximum Gasteiger partial charge on any atom is 0.255 e. The van der Waals surface area contributed by atoms with Crippen LogP contribution in [0.15, 0.2) is 60.8 Å². The highest BCUT2D eigenvalue weighted by Gasteiger charge is 2.24. The first kappa shape index (κ1) is 20.5. The molecule has 4 N–H and O–H groups in total. The zero-order chi connectivity index (χ0) is 22.1. The third-order valence-corrected chi connectivity index (χ3v) is 6.06. The molecule has 5 rings (SSSR count). The van der Waals surface area contributed by atoms with Crippen LogP contribution in [0.25, 0.3) is 22.2 Å². The van der Waals surface area contributed by atoms with Crippen molar-refractivity contribution in [3.05, 3.63) is 71.4 Å². The van der Waals surface area contributed by atoms with Gasteiger partial charge in [0, 0.05) is 23.4 Å². The number of rotatable bonds is 4. The smallest absolute Gasteiger partial charge is 0.255 e. The average molecular weight is 447 g/mol. The first-order valence-corrected chi connectivity index (χ1v) is 11.0. The quantitative estimate of drug-likeness (QED) is 0.428. The summed E-state index contributed by atoms with van der Waals surface area (Å²) in [6, 6.07) is 16.9. The lowest BCUT2D eigenvalue weighted by Crippen LogP contribution is -2.32. The lowest BCUT2D eigenvalue weighted by Gasteiger charge is -2.24. The molecular formula is C24H23ClN6O. The Morgan fingerprint density at radius 2 is 1.94 bits per heavy atom. The third kappa shape index (κ3) is 3.81. The van der Waals surface area contributed by atoms with Crippen LogP contribution >= 0.6 is 11.6 Å². The zero-order valence-corrected chi connectivity index (χ0v) is 18.1. The van der Waals surface area contributed by atoms with Crippen molar-refractivity contribution in [3.8, 4) is 11.3 Å². The minimum Gasteiger partial charge on any atom is -0.383 e. The first-order chi connectivity index (χ1) is 15.6. The van der Waals surface area contributed by atoms with E-state index in [0.29, 0.717) is 22.1 Å². The van der Waals surface area contributed by atoms with Gasteiger partial charge in [-0.15, -0.1) is 0 Å². The number of amides is 1. The molecule has 0 radical (unpaired) electrons. The summed E-state index contributed by atoms with van der Waals surface area (Å²) in [6.07, 6.45) is 3.67. The van der Waals surface area contributed by atoms with Crippen LogP contribution in [0.2, 0.25) is 5.02 Å². The van der Waals surface area contributed by atoms with Crippen LogP contribution < -0.4 is 16.4 Å². The molecule has 1 atom stereocenters. The molecule has 1 amide bonds. The Balaban J connectivity index is 1.52. The number of fused-ring (bicyclic) bond motifs is 1. The lowest BCUT2D eigenvalue weighted by atomic mass is 10.1. The molecule has 1 unspecified atom stereocenters. The Labute approximate surface area is 190 Å². The maximum absolute atomic E-state index is 12.6. The second-order valence-electron chi connectivity index (χ2n) is 7.91. The van der Waals surface area contributed by atoms with Crippen molar-refractivity contribution >= 4 is 39.9 Å². The molecule has 32 heavy (non-hydrogen) atoms. The largest absolute Gasteiger partial charge is 0.383 e. The van der Waals surface area contributed by atoms with E-state index >= 15 is 0 Å². The fourth-order valence-corrected chi connectivity index (χ4v) is 4.40. The van der Waals surface area contributed by atoms with E-state index in [1.807, 2.05) is 47.1 Å². The number of nitrogens with one attached hydrogen (secondary N) is 2. The van der Waals surface area contributed by atoms with Gasteiger partial charge in [-0.2, -0.15) is 5.10 Å². The predicted octanol–water partition coefficient (Wildman–Crippen LogP) is 4.51. The molecule has 162 valence electrons. The van der Waals surface area contributed by atoms with E-state index in [1.54, 1.807) is 18.3 Å². The van der Waals surface area contributed by atoms with Crippen LogP contribution in [-0.4, -0.2) is 33.8 Å². The van der Waals surface area contributed by atoms with Crippen molar-refractivity contribution < 1.29 is 4.79 Å². The molecular weight excluding hydrogens is 424 g/mol. The van der Waals surface area contributed by atoms with Crippen molar-refractivity contribution in [3.63, 3.8) is 0 Å². The van der Waals surface area contributed by atoms with Crippen LogP contribution in [0.1, 0.15) is 29.2 Å². The summed E-state index contributed by atoms with van der Waals surface area (Å²) in [7, 11) is 0. The van der Waals surface area contributed by atoms with Crippen molar-refractivity contribution in [2.75, 3.05) is 24.1 Å². The Hall–Kier alpha value is -3.42. The molecule has 0 aliphatic carbocycles. The summed E-state index contributed by atoms with van der Waals surface area (Å²) < 4.78 is 1.98. The van der Waals surface area contributed by atoms with Gasteiger partial charge in [0.2, 0.25) is 0 Å². The highest BCUT2D eigenvalue weighted by molar-refractivity contribution is 6.35. The number of anilines is 2. The number of piperidine rings is 1. The number of para-hydroxylation sites is 1. The van der Waals surface area contributed by atoms with Gasteiger partial charge >= 0.3 is 0 Å². The summed E-state index contributed by atoms with van der Waals surface area (Å²) in [4.78, 5) is 16.9. The molecule has 0 spiro atoms. The van der Waals surface area contributed by atoms with E-state index in [2.05, 4.69) is 15.6 Å². The molecule has 0 saturated carbocycles. The van der Waals surface area contributed by atoms with Crippen molar-refractivity contribution in [1.82, 2.24) is 20.1 Å². The minimum absolute atomic E-state index is 0.171. The fourth-order valence-electron chi connectivity index (χ4n) is 4.17. The minimum atomic E-state index is -0.171. The molecule has 0 bridgehead atoms. The SMILES string of the molecule is Nc1ncc(Cl)c2c1c(-c1ccc(C(=O)Nc3ccccc3)cc1)nn2C1CCCNC1. The molecule has 4 aromatic rings. The Morgan fingerprint density at radius 3 is 2.66 bits per heavy atom. The van der Waals surface area contributed by atoms with Gasteiger partial charge in [0.1, 0.15) is 11.5 Å². The van der Waals surface area contributed by atoms with E-state index in [4.69, 9.17) is 22.4 Å². The van der Waals surface area contributed by atoms with Gasteiger partial charge in [-0.1, -0.05) is 41.9 Å². The Morgan fingerprint density at radius 1 is 1.16 bits per heavy atom. The van der Waals surface area contributed by atoms with Gasteiger partial charge < -0.3 is 16.4 Å². The van der Waals surface area contributed by atoms with Gasteiger partial charge in [0.05, 0.1) is 28.2 Å². The van der Waals surface area contributed by atoms with E-state index in [1.165, 1.54) is 0 Å². The van der Waals surface area contributed by atoms with E-state index in [0.717, 1.165) is 48.1 Å². The monoisotopic (exact) mass is 446 g/mol. The summed E-state index contributed by atoms with van der Waals surface area (Å²) in [6.45, 7) is 1.83. The van der Waals surface area contributed by atoms with Crippen LogP contribution in [0.3, 0.4) is 0 Å². The van der Waals surface area contributed by atoms with Gasteiger partial charge in [0.25, 0.3) is 5.91 Å². The third-order valence-electron chi connectivity index (χ3n) is 5.78. The molecule has 1 fully saturated rings. The number of hydrogen-bond donors (Lipinski definition) is 3. The number of aromatic nitrogens is 3. The highest BCUT2D eigenvalue weighted by Crippen LogP contribution is 2.37. The van der Waals surface area contributed by atoms with Gasteiger partial charge in [-0.05, 0) is 43.7 Å². The summed E-state index contributed by atoms with van der Waals surface area (Å²) >= 11 is 6.55. The number of carbonyl (C=O) groups excluding carboxylic acids is 1. The fraction of sp³-hybridized carbons (Fsp3) is 0.208. The molecule has 1 saturated heterocycles. The van der Waals surface area contributed by atoms with Gasteiger partial charge in [0.15, 0.2) is 0 Å². The van der Waals surface area contributed by atoms with Crippen LogP contribution in [0.5, 0.6) is 0 Å². The molecule has 1 aliphatic rings. The lowest BCUT2D eigenvalue weighted by molar-refractivity contribution is 0.102. The molecule has 2 aromatic heterocycles. The van der Waals surface area contributed by atoms with Gasteiger partial charge in [-0.3, -0.25) is 9.48 Å². The van der Waals surface area contributed by atoms with E-state index in [-0.39, 0.29) is 11.9 Å². The molecule has 8 heteroatoms. The van der Waals surface area contributed by atoms with Gasteiger partial charge in [-0.25, -0.2) is 4.98 Å². The number of pyridine rings is 1. The molecule has 2 aromatic carbocycles. The normalized spacial score (nSPS) is 16.2. The number of nitrogen functional groups attached to an aromatic ring is 1. The van der Waals surface area contributed by atoms with E-state index in [9.17, 15) is 4.79 Å². The average Bonchev–Trinajstić information content (AvgIpc) is 3.25. The second kappa shape index (κ2) is 8.61. The number of nitrogens with zero attached hydrogens (tertiary/aromatic N) is 3. The first-order valence-electron chi connectivity index (χ1n) is 10.6. The van der Waals surface area contributed by atoms with Crippen molar-refractivity contribution in [1.29, 1.82) is 0 Å². The highest BCUT2D eigenvalue weighted by atomic mass is 35.5. The standard InChI is InChI=1S/C24H23ClN6O/c25-19-14-28-23(26)20-21(30-31(22(19)20)18-7-4-12-27-13-18)15-8-10-16(11-9-15)24(32)29-17-5-2-1-3-6-17/h1-3,5-6,8-11,14,18,27H,4,7,12-13H2,(H2,26,28)(H,29,32). The second-order valence-corrected chi connectivity index (χ2v) is 8.31. The Kier molecular flexibility index (Phi) is 5.51. The van der Waals surface area contributed by atoms with Crippen LogP contribution in [0, 0.1) is 0 Å². The molecule has 3 heterocycles. The number of halogens is 1. The van der Waals surface area contributed by atoms with Crippen LogP contribution in [0.4, 0.5) is 11.5 Å². The maximum atomic E-state index is 12.6.